The second-order valence-electron chi connectivity index (χ2n) is 7.31. The van der Waals surface area contributed by atoms with Crippen molar-refractivity contribution in [3.63, 3.8) is 0 Å². The molecular weight excluding hydrogens is 394 g/mol. The van der Waals surface area contributed by atoms with Gasteiger partial charge in [0.15, 0.2) is 11.6 Å². The van der Waals surface area contributed by atoms with Gasteiger partial charge in [-0.2, -0.15) is 0 Å². The van der Waals surface area contributed by atoms with Crippen LogP contribution in [0, 0.1) is 5.92 Å². The SMILES string of the molecule is COC(=O)C1CCN(c2ncnc(Nc3ccc(Oc4ccccc4)cc3)c2N)CC1. The number of hydrogen-bond acceptors (Lipinski definition) is 8. The van der Waals surface area contributed by atoms with Crippen molar-refractivity contribution >= 4 is 29.0 Å². The van der Waals surface area contributed by atoms with Gasteiger partial charge in [0, 0.05) is 18.8 Å². The molecule has 0 bridgehead atoms. The van der Waals surface area contributed by atoms with Crippen LogP contribution >= 0.6 is 0 Å². The van der Waals surface area contributed by atoms with E-state index in [1.165, 1.54) is 13.4 Å². The molecule has 0 radical (unpaired) electrons. The lowest BCUT2D eigenvalue weighted by atomic mass is 9.97. The van der Waals surface area contributed by atoms with Gasteiger partial charge in [0.2, 0.25) is 0 Å². The van der Waals surface area contributed by atoms with Gasteiger partial charge in [0.05, 0.1) is 13.0 Å². The quantitative estimate of drug-likeness (QED) is 0.578. The van der Waals surface area contributed by atoms with Gasteiger partial charge in [-0.15, -0.1) is 0 Å². The fourth-order valence-electron chi connectivity index (χ4n) is 3.60. The van der Waals surface area contributed by atoms with E-state index in [0.29, 0.717) is 43.3 Å². The van der Waals surface area contributed by atoms with Crippen molar-refractivity contribution in [1.29, 1.82) is 0 Å². The zero-order chi connectivity index (χ0) is 21.6. The van der Waals surface area contributed by atoms with E-state index in [2.05, 4.69) is 20.2 Å². The molecule has 0 amide bonds. The number of rotatable bonds is 6. The first-order valence-corrected chi connectivity index (χ1v) is 10.2. The number of methoxy groups -OCH3 is 1. The normalized spacial score (nSPS) is 14.2. The highest BCUT2D eigenvalue weighted by molar-refractivity contribution is 5.79. The van der Waals surface area contributed by atoms with Crippen LogP contribution in [0.4, 0.5) is 23.0 Å². The van der Waals surface area contributed by atoms with Crippen LogP contribution < -0.4 is 20.7 Å². The molecule has 2 aromatic carbocycles. The van der Waals surface area contributed by atoms with Gasteiger partial charge in [0.25, 0.3) is 0 Å². The highest BCUT2D eigenvalue weighted by Crippen LogP contribution is 2.32. The first-order valence-electron chi connectivity index (χ1n) is 10.2. The minimum atomic E-state index is -0.155. The lowest BCUT2D eigenvalue weighted by Crippen LogP contribution is -2.37. The largest absolute Gasteiger partial charge is 0.469 e. The number of nitrogen functional groups attached to an aromatic ring is 1. The van der Waals surface area contributed by atoms with Crippen LogP contribution in [0.3, 0.4) is 0 Å². The monoisotopic (exact) mass is 419 g/mol. The van der Waals surface area contributed by atoms with E-state index < -0.39 is 0 Å². The van der Waals surface area contributed by atoms with Crippen molar-refractivity contribution in [2.24, 2.45) is 5.92 Å². The molecule has 1 aliphatic rings. The van der Waals surface area contributed by atoms with Crippen LogP contribution in [0.1, 0.15) is 12.8 Å². The van der Waals surface area contributed by atoms with Crippen molar-refractivity contribution in [3.05, 3.63) is 60.9 Å². The van der Waals surface area contributed by atoms with Crippen molar-refractivity contribution < 1.29 is 14.3 Å². The second-order valence-corrected chi connectivity index (χ2v) is 7.31. The summed E-state index contributed by atoms with van der Waals surface area (Å²) in [5.74, 6) is 2.50. The molecule has 0 unspecified atom stereocenters. The zero-order valence-corrected chi connectivity index (χ0v) is 17.3. The van der Waals surface area contributed by atoms with Crippen LogP contribution in [0.2, 0.25) is 0 Å². The number of para-hydroxylation sites is 1. The molecule has 1 saturated heterocycles. The number of carbonyl (C=O) groups is 1. The van der Waals surface area contributed by atoms with Crippen molar-refractivity contribution in [1.82, 2.24) is 9.97 Å². The van der Waals surface area contributed by atoms with Crippen LogP contribution in [-0.4, -0.2) is 36.1 Å². The predicted molar refractivity (Wildman–Crippen MR) is 120 cm³/mol. The molecule has 1 aromatic heterocycles. The molecule has 3 aromatic rings. The standard InChI is InChI=1S/C23H25N5O3/c1-30-23(29)16-11-13-28(14-12-16)22-20(24)21(25-15-26-22)27-17-7-9-19(10-8-17)31-18-5-3-2-4-6-18/h2-10,15-16H,11-14,24H2,1H3,(H,25,26,27). The number of piperidine rings is 1. The molecule has 0 aliphatic carbocycles. The van der Waals surface area contributed by atoms with Crippen molar-refractivity contribution in [2.45, 2.75) is 12.8 Å². The number of nitrogens with two attached hydrogens (primary N) is 1. The fourth-order valence-corrected chi connectivity index (χ4v) is 3.60. The number of ether oxygens (including phenoxy) is 2. The predicted octanol–water partition coefficient (Wildman–Crippen LogP) is 3.98. The van der Waals surface area contributed by atoms with E-state index in [9.17, 15) is 4.79 Å². The summed E-state index contributed by atoms with van der Waals surface area (Å²) in [5.41, 5.74) is 7.68. The fraction of sp³-hybridized carbons (Fsp3) is 0.261. The van der Waals surface area contributed by atoms with Gasteiger partial charge >= 0.3 is 5.97 Å². The molecule has 0 atom stereocenters. The summed E-state index contributed by atoms with van der Waals surface area (Å²) in [7, 11) is 1.43. The Labute approximate surface area is 181 Å². The summed E-state index contributed by atoms with van der Waals surface area (Å²) in [6.07, 6.45) is 2.91. The van der Waals surface area contributed by atoms with Crippen LogP contribution in [0.5, 0.6) is 11.5 Å². The maximum absolute atomic E-state index is 11.8. The van der Waals surface area contributed by atoms with Crippen LogP contribution in [-0.2, 0) is 9.53 Å². The van der Waals surface area contributed by atoms with Crippen LogP contribution in [0.15, 0.2) is 60.9 Å². The molecule has 0 spiro atoms. The average Bonchev–Trinajstić information content (AvgIpc) is 2.82. The molecule has 8 nitrogen and oxygen atoms in total. The minimum Gasteiger partial charge on any atom is -0.469 e. The third kappa shape index (κ3) is 4.85. The minimum absolute atomic E-state index is 0.0708. The Bertz CT molecular complexity index is 1020. The number of anilines is 4. The molecule has 160 valence electrons. The Morgan fingerprint density at radius 2 is 1.71 bits per heavy atom. The van der Waals surface area contributed by atoms with Crippen molar-refractivity contribution in [2.75, 3.05) is 36.1 Å². The summed E-state index contributed by atoms with van der Waals surface area (Å²) in [5, 5.41) is 3.25. The number of benzene rings is 2. The van der Waals surface area contributed by atoms with Crippen molar-refractivity contribution in [3.8, 4) is 11.5 Å². The second kappa shape index (κ2) is 9.34. The van der Waals surface area contributed by atoms with Gasteiger partial charge in [0.1, 0.15) is 23.5 Å². The highest BCUT2D eigenvalue weighted by atomic mass is 16.5. The van der Waals surface area contributed by atoms with E-state index in [0.717, 1.165) is 17.2 Å². The highest BCUT2D eigenvalue weighted by Gasteiger charge is 2.27. The van der Waals surface area contributed by atoms with E-state index >= 15 is 0 Å². The average molecular weight is 419 g/mol. The zero-order valence-electron chi connectivity index (χ0n) is 17.3. The van der Waals surface area contributed by atoms with Crippen LogP contribution in [0.25, 0.3) is 0 Å². The number of carbonyl (C=O) groups excluding carboxylic acids is 1. The lowest BCUT2D eigenvalue weighted by molar-refractivity contribution is -0.146. The number of nitrogens with one attached hydrogen (secondary N) is 1. The summed E-state index contributed by atoms with van der Waals surface area (Å²) in [4.78, 5) is 22.5. The summed E-state index contributed by atoms with van der Waals surface area (Å²) in [6, 6.07) is 17.2. The molecular formula is C23H25N5O3. The smallest absolute Gasteiger partial charge is 0.308 e. The number of aromatic nitrogens is 2. The molecule has 4 rings (SSSR count). The molecule has 1 fully saturated rings. The molecule has 3 N–H and O–H groups in total. The summed E-state index contributed by atoms with van der Waals surface area (Å²) in [6.45, 7) is 1.37. The maximum Gasteiger partial charge on any atom is 0.308 e. The van der Waals surface area contributed by atoms with E-state index in [1.807, 2.05) is 54.6 Å². The Balaban J connectivity index is 1.42. The molecule has 31 heavy (non-hydrogen) atoms. The Kier molecular flexibility index (Phi) is 6.16. The van der Waals surface area contributed by atoms with Gasteiger partial charge in [-0.3, -0.25) is 4.79 Å². The topological polar surface area (TPSA) is 103 Å². The Morgan fingerprint density at radius 1 is 1.03 bits per heavy atom. The maximum atomic E-state index is 11.8. The molecule has 8 heteroatoms. The summed E-state index contributed by atoms with van der Waals surface area (Å²) >= 11 is 0. The van der Waals surface area contributed by atoms with E-state index in [4.69, 9.17) is 15.2 Å². The molecule has 1 aliphatic heterocycles. The Hall–Kier alpha value is -3.81. The Morgan fingerprint density at radius 3 is 2.39 bits per heavy atom. The van der Waals surface area contributed by atoms with Gasteiger partial charge in [-0.25, -0.2) is 9.97 Å². The van der Waals surface area contributed by atoms with Gasteiger partial charge < -0.3 is 25.4 Å². The van der Waals surface area contributed by atoms with E-state index in [-0.39, 0.29) is 11.9 Å². The molecule has 2 heterocycles. The summed E-state index contributed by atoms with van der Waals surface area (Å²) < 4.78 is 10.7. The third-order valence-electron chi connectivity index (χ3n) is 5.29. The molecule has 0 saturated carbocycles. The number of esters is 1. The van der Waals surface area contributed by atoms with Gasteiger partial charge in [-0.05, 0) is 49.2 Å². The number of hydrogen-bond donors (Lipinski definition) is 2. The first-order chi connectivity index (χ1) is 15.1. The lowest BCUT2D eigenvalue weighted by Gasteiger charge is -2.32. The third-order valence-corrected chi connectivity index (χ3v) is 5.29. The van der Waals surface area contributed by atoms with E-state index in [1.54, 1.807) is 0 Å². The number of nitrogens with zero attached hydrogens (tertiary/aromatic N) is 3. The van der Waals surface area contributed by atoms with Gasteiger partial charge in [-0.1, -0.05) is 18.2 Å². The first kappa shape index (κ1) is 20.5.